The second kappa shape index (κ2) is 6.30. The molecule has 0 unspecified atom stereocenters. The SMILES string of the molecule is CC(=O)NC1CN(c2cc(-c3ccc(C(F)(F)F)c(F)c3)ncn2)C1. The summed E-state index contributed by atoms with van der Waals surface area (Å²) in [7, 11) is 0. The predicted molar refractivity (Wildman–Crippen MR) is 82.2 cm³/mol. The van der Waals surface area contributed by atoms with Gasteiger partial charge in [-0.2, -0.15) is 13.2 Å². The Morgan fingerprint density at radius 2 is 1.96 bits per heavy atom. The number of aromatic nitrogens is 2. The molecule has 5 nitrogen and oxygen atoms in total. The van der Waals surface area contributed by atoms with Crippen molar-refractivity contribution in [1.82, 2.24) is 15.3 Å². The fourth-order valence-corrected chi connectivity index (χ4v) is 2.63. The molecule has 25 heavy (non-hydrogen) atoms. The van der Waals surface area contributed by atoms with E-state index in [9.17, 15) is 22.4 Å². The van der Waals surface area contributed by atoms with Gasteiger partial charge in [-0.3, -0.25) is 4.79 Å². The molecular weight excluding hydrogens is 340 g/mol. The number of alkyl halides is 3. The quantitative estimate of drug-likeness (QED) is 0.861. The zero-order chi connectivity index (χ0) is 18.2. The lowest BCUT2D eigenvalue weighted by Crippen LogP contribution is -2.59. The summed E-state index contributed by atoms with van der Waals surface area (Å²) in [5.41, 5.74) is -0.764. The summed E-state index contributed by atoms with van der Waals surface area (Å²) in [4.78, 5) is 21.0. The summed E-state index contributed by atoms with van der Waals surface area (Å²) < 4.78 is 51.6. The van der Waals surface area contributed by atoms with E-state index in [1.54, 1.807) is 6.07 Å². The molecule has 3 rings (SSSR count). The number of anilines is 1. The van der Waals surface area contributed by atoms with Gasteiger partial charge >= 0.3 is 6.18 Å². The molecule has 1 aliphatic rings. The maximum Gasteiger partial charge on any atom is 0.419 e. The number of carbonyl (C=O) groups is 1. The van der Waals surface area contributed by atoms with Gasteiger partial charge in [0.1, 0.15) is 18.0 Å². The molecule has 2 aromatic rings. The molecule has 1 aromatic heterocycles. The fourth-order valence-electron chi connectivity index (χ4n) is 2.63. The number of amides is 1. The standard InChI is InChI=1S/C16H14F4N4O/c1-9(25)23-11-6-24(7-11)15-5-14(21-8-22-15)10-2-3-12(13(17)4-10)16(18,19)20/h2-5,8,11H,6-7H2,1H3,(H,23,25). The van der Waals surface area contributed by atoms with E-state index >= 15 is 0 Å². The number of carbonyl (C=O) groups excluding carboxylic acids is 1. The maximum absolute atomic E-state index is 13.7. The summed E-state index contributed by atoms with van der Waals surface area (Å²) in [6.45, 7) is 2.57. The largest absolute Gasteiger partial charge is 0.419 e. The van der Waals surface area contributed by atoms with Gasteiger partial charge in [0.25, 0.3) is 0 Å². The minimum absolute atomic E-state index is 0.0272. The third-order valence-corrected chi connectivity index (χ3v) is 3.84. The monoisotopic (exact) mass is 354 g/mol. The number of hydrogen-bond acceptors (Lipinski definition) is 4. The highest BCUT2D eigenvalue weighted by Crippen LogP contribution is 2.33. The second-order valence-electron chi connectivity index (χ2n) is 5.76. The van der Waals surface area contributed by atoms with Gasteiger partial charge in [-0.25, -0.2) is 14.4 Å². The van der Waals surface area contributed by atoms with Gasteiger partial charge < -0.3 is 10.2 Å². The Hall–Kier alpha value is -2.71. The van der Waals surface area contributed by atoms with Crippen LogP contribution in [0.3, 0.4) is 0 Å². The lowest BCUT2D eigenvalue weighted by molar-refractivity contribution is -0.140. The van der Waals surface area contributed by atoms with Crippen LogP contribution in [-0.4, -0.2) is 35.0 Å². The smallest absolute Gasteiger partial charge is 0.352 e. The van der Waals surface area contributed by atoms with Crippen molar-refractivity contribution >= 4 is 11.7 Å². The van der Waals surface area contributed by atoms with E-state index in [0.717, 1.165) is 6.07 Å². The molecule has 1 aromatic carbocycles. The van der Waals surface area contributed by atoms with Crippen LogP contribution in [0.4, 0.5) is 23.4 Å². The summed E-state index contributed by atoms with van der Waals surface area (Å²) in [6.07, 6.45) is -3.47. The van der Waals surface area contributed by atoms with Crippen molar-refractivity contribution in [3.8, 4) is 11.3 Å². The lowest BCUT2D eigenvalue weighted by Gasteiger charge is -2.40. The molecule has 0 atom stereocenters. The molecule has 2 heterocycles. The Balaban J connectivity index is 1.79. The van der Waals surface area contributed by atoms with Crippen LogP contribution in [0.2, 0.25) is 0 Å². The van der Waals surface area contributed by atoms with E-state index in [-0.39, 0.29) is 17.5 Å². The van der Waals surface area contributed by atoms with Crippen molar-refractivity contribution in [3.63, 3.8) is 0 Å². The first-order chi connectivity index (χ1) is 11.7. The average molecular weight is 354 g/mol. The van der Waals surface area contributed by atoms with Crippen molar-refractivity contribution in [3.05, 3.63) is 42.0 Å². The van der Waals surface area contributed by atoms with Crippen LogP contribution < -0.4 is 10.2 Å². The molecule has 0 radical (unpaired) electrons. The Morgan fingerprint density at radius 1 is 1.24 bits per heavy atom. The van der Waals surface area contributed by atoms with E-state index in [1.165, 1.54) is 19.3 Å². The maximum atomic E-state index is 13.7. The predicted octanol–water partition coefficient (Wildman–Crippen LogP) is 2.63. The first-order valence-electron chi connectivity index (χ1n) is 7.45. The summed E-state index contributed by atoms with van der Waals surface area (Å²) in [5.74, 6) is -0.903. The molecule has 0 saturated carbocycles. The summed E-state index contributed by atoms with van der Waals surface area (Å²) in [5, 5.41) is 2.77. The Kier molecular flexibility index (Phi) is 4.32. The number of benzene rings is 1. The van der Waals surface area contributed by atoms with Gasteiger partial charge in [0, 0.05) is 31.6 Å². The fraction of sp³-hybridized carbons (Fsp3) is 0.312. The van der Waals surface area contributed by atoms with Crippen molar-refractivity contribution in [1.29, 1.82) is 0 Å². The Labute approximate surface area is 140 Å². The molecule has 132 valence electrons. The first kappa shape index (κ1) is 17.1. The van der Waals surface area contributed by atoms with Crippen LogP contribution in [-0.2, 0) is 11.0 Å². The van der Waals surface area contributed by atoms with Crippen molar-refractivity contribution in [2.45, 2.75) is 19.1 Å². The van der Waals surface area contributed by atoms with Crippen LogP contribution in [0.25, 0.3) is 11.3 Å². The van der Waals surface area contributed by atoms with Crippen LogP contribution >= 0.6 is 0 Å². The third-order valence-electron chi connectivity index (χ3n) is 3.84. The van der Waals surface area contributed by atoms with E-state index in [1.807, 2.05) is 4.90 Å². The summed E-state index contributed by atoms with van der Waals surface area (Å²) >= 11 is 0. The first-order valence-corrected chi connectivity index (χ1v) is 7.45. The Morgan fingerprint density at radius 3 is 2.56 bits per heavy atom. The third kappa shape index (κ3) is 3.70. The summed E-state index contributed by atoms with van der Waals surface area (Å²) in [6, 6.07) is 4.29. The highest BCUT2D eigenvalue weighted by molar-refractivity contribution is 5.74. The molecule has 1 fully saturated rings. The lowest BCUT2D eigenvalue weighted by atomic mass is 10.1. The molecule has 9 heteroatoms. The van der Waals surface area contributed by atoms with Crippen LogP contribution in [0.5, 0.6) is 0 Å². The minimum atomic E-state index is -4.74. The van der Waals surface area contributed by atoms with Gasteiger partial charge in [0.2, 0.25) is 5.91 Å². The zero-order valence-electron chi connectivity index (χ0n) is 13.1. The van der Waals surface area contributed by atoms with Crippen LogP contribution in [0.1, 0.15) is 12.5 Å². The Bertz CT molecular complexity index is 803. The highest BCUT2D eigenvalue weighted by Gasteiger charge is 2.34. The minimum Gasteiger partial charge on any atom is -0.352 e. The van der Waals surface area contributed by atoms with Gasteiger partial charge in [-0.05, 0) is 12.1 Å². The van der Waals surface area contributed by atoms with E-state index in [2.05, 4.69) is 15.3 Å². The number of halogens is 4. The average Bonchev–Trinajstić information content (AvgIpc) is 2.49. The molecule has 1 aliphatic heterocycles. The van der Waals surface area contributed by atoms with Gasteiger partial charge in [-0.15, -0.1) is 0 Å². The van der Waals surface area contributed by atoms with E-state index in [0.29, 0.717) is 30.7 Å². The highest BCUT2D eigenvalue weighted by atomic mass is 19.4. The molecular formula is C16H14F4N4O. The molecule has 0 bridgehead atoms. The topological polar surface area (TPSA) is 58.1 Å². The van der Waals surface area contributed by atoms with Gasteiger partial charge in [0.05, 0.1) is 17.3 Å². The van der Waals surface area contributed by atoms with Crippen molar-refractivity contribution in [2.75, 3.05) is 18.0 Å². The van der Waals surface area contributed by atoms with Gasteiger partial charge in [-0.1, -0.05) is 6.07 Å². The number of hydrogen-bond donors (Lipinski definition) is 1. The van der Waals surface area contributed by atoms with Crippen LogP contribution in [0, 0.1) is 5.82 Å². The van der Waals surface area contributed by atoms with E-state index in [4.69, 9.17) is 0 Å². The molecule has 0 aliphatic carbocycles. The van der Waals surface area contributed by atoms with Crippen molar-refractivity contribution < 1.29 is 22.4 Å². The van der Waals surface area contributed by atoms with Gasteiger partial charge in [0.15, 0.2) is 0 Å². The molecule has 1 N–H and O–H groups in total. The molecule has 1 saturated heterocycles. The molecule has 0 spiro atoms. The molecule has 1 amide bonds. The number of nitrogens with one attached hydrogen (secondary N) is 1. The second-order valence-corrected chi connectivity index (χ2v) is 5.76. The van der Waals surface area contributed by atoms with Crippen LogP contribution in [0.15, 0.2) is 30.6 Å². The van der Waals surface area contributed by atoms with Crippen molar-refractivity contribution in [2.24, 2.45) is 0 Å². The normalized spacial score (nSPS) is 15.0. The number of nitrogens with zero attached hydrogens (tertiary/aromatic N) is 3. The van der Waals surface area contributed by atoms with E-state index < -0.39 is 17.6 Å². The number of rotatable bonds is 3. The zero-order valence-corrected chi connectivity index (χ0v) is 13.1.